The molecule has 0 amide bonds. The van der Waals surface area contributed by atoms with Crippen molar-refractivity contribution >= 4 is 18.2 Å². The van der Waals surface area contributed by atoms with Gasteiger partial charge in [-0.2, -0.15) is 0 Å². The van der Waals surface area contributed by atoms with Crippen LogP contribution in [0.25, 0.3) is 0 Å². The smallest absolute Gasteiger partial charge is 0.176 e. The van der Waals surface area contributed by atoms with Gasteiger partial charge in [0.2, 0.25) is 0 Å². The molecule has 2 nitrogen and oxygen atoms in total. The minimum Gasteiger partial charge on any atom is -0.324 e. The number of hydrogen-bond donors (Lipinski definition) is 1. The molecule has 13 heavy (non-hydrogen) atoms. The molecule has 0 bridgehead atoms. The number of nitrogens with two attached hydrogens (primary N) is 1. The quantitative estimate of drug-likeness (QED) is 0.739. The summed E-state index contributed by atoms with van der Waals surface area (Å²) in [4.78, 5) is 11.2. The number of benzene rings is 1. The number of rotatable bonds is 2. The van der Waals surface area contributed by atoms with Crippen LogP contribution in [0.1, 0.15) is 21.5 Å². The van der Waals surface area contributed by atoms with Gasteiger partial charge in [-0.15, -0.1) is 12.4 Å². The lowest BCUT2D eigenvalue weighted by Crippen LogP contribution is -2.13. The maximum Gasteiger partial charge on any atom is 0.176 e. The fourth-order valence-corrected chi connectivity index (χ4v) is 1.25. The van der Waals surface area contributed by atoms with Crippen LogP contribution in [0, 0.1) is 13.8 Å². The highest BCUT2D eigenvalue weighted by Crippen LogP contribution is 2.08. The highest BCUT2D eigenvalue weighted by molar-refractivity contribution is 5.97. The summed E-state index contributed by atoms with van der Waals surface area (Å²) in [5, 5.41) is 0. The van der Waals surface area contributed by atoms with Crippen molar-refractivity contribution in [1.82, 2.24) is 0 Å². The van der Waals surface area contributed by atoms with E-state index in [1.165, 1.54) is 0 Å². The van der Waals surface area contributed by atoms with Crippen molar-refractivity contribution in [2.45, 2.75) is 13.8 Å². The number of Topliss-reactive ketones (excluding diaryl/α,β-unsaturated/α-hetero) is 1. The third kappa shape index (κ3) is 3.17. The molecule has 0 aromatic heterocycles. The van der Waals surface area contributed by atoms with E-state index in [2.05, 4.69) is 0 Å². The Labute approximate surface area is 84.5 Å². The van der Waals surface area contributed by atoms with Crippen molar-refractivity contribution in [3.05, 3.63) is 34.9 Å². The molecule has 3 heteroatoms. The second-order valence-corrected chi connectivity index (χ2v) is 3.00. The summed E-state index contributed by atoms with van der Waals surface area (Å²) in [7, 11) is 0. The van der Waals surface area contributed by atoms with Crippen molar-refractivity contribution < 1.29 is 4.79 Å². The summed E-state index contributed by atoms with van der Waals surface area (Å²) >= 11 is 0. The molecule has 72 valence electrons. The fourth-order valence-electron chi connectivity index (χ4n) is 1.25. The first-order valence-electron chi connectivity index (χ1n) is 3.95. The van der Waals surface area contributed by atoms with E-state index < -0.39 is 0 Å². The zero-order valence-electron chi connectivity index (χ0n) is 7.83. The Kier molecular flexibility index (Phi) is 4.67. The van der Waals surface area contributed by atoms with Crippen molar-refractivity contribution in [1.29, 1.82) is 0 Å². The van der Waals surface area contributed by atoms with E-state index in [0.717, 1.165) is 16.7 Å². The Balaban J connectivity index is 0.00000144. The lowest BCUT2D eigenvalue weighted by atomic mass is 10.0. The van der Waals surface area contributed by atoms with Crippen LogP contribution in [0.15, 0.2) is 18.2 Å². The molecule has 0 saturated heterocycles. The molecule has 2 N–H and O–H groups in total. The molecule has 0 aliphatic rings. The first kappa shape index (κ1) is 12.1. The Hall–Kier alpha value is -0.860. The average molecular weight is 200 g/mol. The number of carbonyl (C=O) groups excluding carboxylic acids is 1. The summed E-state index contributed by atoms with van der Waals surface area (Å²) in [6.07, 6.45) is 0. The van der Waals surface area contributed by atoms with Gasteiger partial charge in [0.05, 0.1) is 6.54 Å². The van der Waals surface area contributed by atoms with E-state index >= 15 is 0 Å². The summed E-state index contributed by atoms with van der Waals surface area (Å²) in [5.41, 5.74) is 8.18. The normalized spacial score (nSPS) is 9.15. The lowest BCUT2D eigenvalue weighted by molar-refractivity contribution is 0.100. The first-order valence-corrected chi connectivity index (χ1v) is 3.95. The van der Waals surface area contributed by atoms with E-state index in [4.69, 9.17) is 5.73 Å². The van der Waals surface area contributed by atoms with Gasteiger partial charge in [0.25, 0.3) is 0 Å². The third-order valence-corrected chi connectivity index (χ3v) is 1.73. The van der Waals surface area contributed by atoms with E-state index in [1.807, 2.05) is 32.0 Å². The number of halogens is 1. The topological polar surface area (TPSA) is 43.1 Å². The maximum atomic E-state index is 11.2. The molecule has 1 aromatic carbocycles. The number of hydrogen-bond acceptors (Lipinski definition) is 2. The molecule has 1 rings (SSSR count). The van der Waals surface area contributed by atoms with Gasteiger partial charge in [-0.05, 0) is 26.0 Å². The van der Waals surface area contributed by atoms with Gasteiger partial charge in [-0.25, -0.2) is 0 Å². The van der Waals surface area contributed by atoms with Crippen LogP contribution in [-0.2, 0) is 0 Å². The monoisotopic (exact) mass is 199 g/mol. The van der Waals surface area contributed by atoms with Crippen LogP contribution < -0.4 is 5.73 Å². The molecule has 0 saturated carbocycles. The predicted molar refractivity (Wildman–Crippen MR) is 56.5 cm³/mol. The number of carbonyl (C=O) groups is 1. The minimum absolute atomic E-state index is 0. The Morgan fingerprint density at radius 1 is 1.23 bits per heavy atom. The Morgan fingerprint density at radius 3 is 2.08 bits per heavy atom. The zero-order valence-corrected chi connectivity index (χ0v) is 8.65. The average Bonchev–Trinajstić information content (AvgIpc) is 2.01. The van der Waals surface area contributed by atoms with Crippen LogP contribution in [0.3, 0.4) is 0 Å². The summed E-state index contributed by atoms with van der Waals surface area (Å²) in [6.45, 7) is 4.03. The van der Waals surface area contributed by atoms with Gasteiger partial charge in [0.1, 0.15) is 0 Å². The van der Waals surface area contributed by atoms with Gasteiger partial charge in [0.15, 0.2) is 5.78 Å². The SMILES string of the molecule is Cc1cc(C)cc(C(=O)CN)c1.Cl. The maximum absolute atomic E-state index is 11.2. The van der Waals surface area contributed by atoms with E-state index in [9.17, 15) is 4.79 Å². The summed E-state index contributed by atoms with van der Waals surface area (Å²) < 4.78 is 0. The number of aryl methyl sites for hydroxylation is 2. The second-order valence-electron chi connectivity index (χ2n) is 3.00. The Bertz CT molecular complexity index is 290. The van der Waals surface area contributed by atoms with Gasteiger partial charge >= 0.3 is 0 Å². The van der Waals surface area contributed by atoms with Crippen LogP contribution in [0.4, 0.5) is 0 Å². The van der Waals surface area contributed by atoms with E-state index in [1.54, 1.807) is 0 Å². The van der Waals surface area contributed by atoms with Crippen molar-refractivity contribution in [3.63, 3.8) is 0 Å². The van der Waals surface area contributed by atoms with Gasteiger partial charge in [0, 0.05) is 5.56 Å². The minimum atomic E-state index is 0. The molecule has 0 aliphatic heterocycles. The lowest BCUT2D eigenvalue weighted by Gasteiger charge is -2.01. The first-order chi connectivity index (χ1) is 5.63. The second kappa shape index (κ2) is 5.00. The molecule has 0 atom stereocenters. The molecule has 0 radical (unpaired) electrons. The summed E-state index contributed by atoms with van der Waals surface area (Å²) in [6, 6.07) is 5.76. The molecule has 0 unspecified atom stereocenters. The number of ketones is 1. The van der Waals surface area contributed by atoms with Gasteiger partial charge < -0.3 is 5.73 Å². The van der Waals surface area contributed by atoms with Gasteiger partial charge in [-0.3, -0.25) is 4.79 Å². The van der Waals surface area contributed by atoms with Crippen molar-refractivity contribution in [3.8, 4) is 0 Å². The molecule has 1 aromatic rings. The molecular formula is C10H14ClNO. The zero-order chi connectivity index (χ0) is 9.14. The van der Waals surface area contributed by atoms with Crippen molar-refractivity contribution in [2.24, 2.45) is 5.73 Å². The van der Waals surface area contributed by atoms with Crippen LogP contribution >= 0.6 is 12.4 Å². The van der Waals surface area contributed by atoms with Crippen molar-refractivity contribution in [2.75, 3.05) is 6.54 Å². The molecule has 0 heterocycles. The van der Waals surface area contributed by atoms with Crippen LogP contribution in [0.5, 0.6) is 0 Å². The van der Waals surface area contributed by atoms with Crippen LogP contribution in [0.2, 0.25) is 0 Å². The Morgan fingerprint density at radius 2 is 1.69 bits per heavy atom. The largest absolute Gasteiger partial charge is 0.324 e. The molecular weight excluding hydrogens is 186 g/mol. The highest BCUT2D eigenvalue weighted by Gasteiger charge is 2.03. The summed E-state index contributed by atoms with van der Waals surface area (Å²) in [5.74, 6) is 0.00167. The molecule has 0 fully saturated rings. The van der Waals surface area contributed by atoms with Gasteiger partial charge in [-0.1, -0.05) is 17.2 Å². The molecule has 0 aliphatic carbocycles. The fraction of sp³-hybridized carbons (Fsp3) is 0.300. The van der Waals surface area contributed by atoms with E-state index in [-0.39, 0.29) is 24.7 Å². The standard InChI is InChI=1S/C10H13NO.ClH/c1-7-3-8(2)5-9(4-7)10(12)6-11;/h3-5H,6,11H2,1-2H3;1H. The third-order valence-electron chi connectivity index (χ3n) is 1.73. The van der Waals surface area contributed by atoms with Crippen LogP contribution in [-0.4, -0.2) is 12.3 Å². The highest BCUT2D eigenvalue weighted by atomic mass is 35.5. The predicted octanol–water partition coefficient (Wildman–Crippen LogP) is 1.87. The molecule has 0 spiro atoms. The van der Waals surface area contributed by atoms with E-state index in [0.29, 0.717) is 0 Å².